The van der Waals surface area contributed by atoms with Crippen molar-refractivity contribution in [3.8, 4) is 11.4 Å². The number of aliphatic hydroxyl groups is 2. The van der Waals surface area contributed by atoms with Crippen LogP contribution in [0.1, 0.15) is 73.7 Å². The van der Waals surface area contributed by atoms with E-state index in [0.29, 0.717) is 37.0 Å². The average molecular weight is 639 g/mol. The summed E-state index contributed by atoms with van der Waals surface area (Å²) in [6.45, 7) is 3.97. The highest BCUT2D eigenvalue weighted by molar-refractivity contribution is 5.80. The largest absolute Gasteiger partial charge is 0.496 e. The molecule has 1 fully saturated rings. The fourth-order valence-electron chi connectivity index (χ4n) is 7.69. The van der Waals surface area contributed by atoms with Crippen LogP contribution >= 0.6 is 0 Å². The molecule has 1 saturated carbocycles. The molecule has 2 N–H and O–H groups in total. The minimum Gasteiger partial charge on any atom is -0.496 e. The van der Waals surface area contributed by atoms with Gasteiger partial charge in [-0.2, -0.15) is 5.10 Å². The topological polar surface area (TPSA) is 101 Å². The van der Waals surface area contributed by atoms with Crippen molar-refractivity contribution in [2.75, 3.05) is 14.2 Å². The zero-order valence-corrected chi connectivity index (χ0v) is 27.5. The van der Waals surface area contributed by atoms with Gasteiger partial charge in [-0.1, -0.05) is 42.8 Å². The number of rotatable bonds is 11. The van der Waals surface area contributed by atoms with Crippen molar-refractivity contribution < 1.29 is 24.1 Å². The van der Waals surface area contributed by atoms with Crippen LogP contribution in [0.3, 0.4) is 0 Å². The Morgan fingerprint density at radius 1 is 1.15 bits per heavy atom. The van der Waals surface area contributed by atoms with E-state index in [1.165, 1.54) is 17.7 Å². The maximum absolute atomic E-state index is 13.6. The minimum absolute atomic E-state index is 0.0587. The minimum atomic E-state index is -0.986. The molecule has 0 saturated heterocycles. The third kappa shape index (κ3) is 5.87. The molecule has 0 spiro atoms. The molecule has 2 aliphatic rings. The number of aryl methyl sites for hydroxylation is 1. The average Bonchev–Trinajstić information content (AvgIpc) is 3.64. The maximum atomic E-state index is 13.6. The van der Waals surface area contributed by atoms with Crippen LogP contribution in [0, 0.1) is 11.2 Å². The summed E-state index contributed by atoms with van der Waals surface area (Å²) in [5.41, 5.74) is 4.77. The van der Waals surface area contributed by atoms with Gasteiger partial charge in [0.2, 0.25) is 5.91 Å². The smallest absolute Gasteiger partial charge is 0.227 e. The number of aliphatic hydroxyl groups excluding tert-OH is 1. The van der Waals surface area contributed by atoms with Gasteiger partial charge in [0.25, 0.3) is 0 Å². The van der Waals surface area contributed by atoms with Crippen molar-refractivity contribution in [2.45, 2.75) is 76.5 Å². The number of fused-ring (bicyclic) bond motifs is 2. The van der Waals surface area contributed by atoms with E-state index >= 15 is 0 Å². The summed E-state index contributed by atoms with van der Waals surface area (Å²) in [5, 5.41) is 28.0. The normalized spacial score (nSPS) is 21.4. The second-order valence-corrected chi connectivity index (χ2v) is 13.0. The van der Waals surface area contributed by atoms with Crippen LogP contribution in [-0.2, 0) is 24.1 Å². The molecule has 2 aliphatic carbocycles. The van der Waals surface area contributed by atoms with Crippen molar-refractivity contribution in [3.63, 3.8) is 0 Å². The molecular weight excluding hydrogens is 595 g/mol. The molecule has 1 amide bonds. The SMILES string of the molecule is CC[C@]12Cc3cnn(-c4ccc(F)cc4)c3C=C1CC[C@@]2(O)CCc1nccc(OC)c1CC(=O)N(C)[C@H](C)[C@H](O)c1ccccc1. The van der Waals surface area contributed by atoms with E-state index in [-0.39, 0.29) is 18.1 Å². The number of aromatic nitrogens is 3. The number of likely N-dealkylation sites (N-methyl/N-ethyl adjacent to an activating group) is 1. The number of pyridine rings is 1. The second kappa shape index (κ2) is 13.0. The van der Waals surface area contributed by atoms with Crippen molar-refractivity contribution in [2.24, 2.45) is 5.41 Å². The quantitative estimate of drug-likeness (QED) is 0.208. The molecule has 0 bridgehead atoms. The van der Waals surface area contributed by atoms with Crippen molar-refractivity contribution >= 4 is 12.0 Å². The molecule has 0 radical (unpaired) electrons. The Hall–Kier alpha value is -4.34. The lowest BCUT2D eigenvalue weighted by Crippen LogP contribution is -2.47. The van der Waals surface area contributed by atoms with Gasteiger partial charge in [-0.15, -0.1) is 0 Å². The van der Waals surface area contributed by atoms with Crippen LogP contribution in [-0.4, -0.2) is 61.6 Å². The first-order valence-corrected chi connectivity index (χ1v) is 16.4. The number of amides is 1. The highest BCUT2D eigenvalue weighted by Gasteiger charge is 2.56. The third-order valence-corrected chi connectivity index (χ3v) is 10.7. The summed E-state index contributed by atoms with van der Waals surface area (Å²) >= 11 is 0. The molecule has 246 valence electrons. The van der Waals surface area contributed by atoms with Gasteiger partial charge in [0.05, 0.1) is 48.9 Å². The predicted molar refractivity (Wildman–Crippen MR) is 179 cm³/mol. The van der Waals surface area contributed by atoms with Gasteiger partial charge in [-0.3, -0.25) is 9.78 Å². The van der Waals surface area contributed by atoms with Crippen LogP contribution in [0.2, 0.25) is 0 Å². The predicted octanol–water partition coefficient (Wildman–Crippen LogP) is 6.03. The fraction of sp³-hybridized carbons (Fsp3) is 0.395. The molecule has 4 atom stereocenters. The highest BCUT2D eigenvalue weighted by atomic mass is 19.1. The third-order valence-electron chi connectivity index (χ3n) is 10.7. The first-order valence-electron chi connectivity index (χ1n) is 16.4. The Labute approximate surface area is 275 Å². The molecule has 0 unspecified atom stereocenters. The van der Waals surface area contributed by atoms with Crippen LogP contribution in [0.5, 0.6) is 5.75 Å². The molecular formula is C38H43FN4O4. The first-order chi connectivity index (χ1) is 22.6. The standard InChI is InChI=1S/C38H43FN4O4/c1-5-37-23-27-24-41-43(30-13-11-29(39)12-14-30)33(27)21-28(37)15-18-38(37,46)19-16-32-31(34(47-4)17-20-40-32)22-35(44)42(3)25(2)36(45)26-9-7-6-8-10-26/h6-14,17,20-21,24-25,36,45-46H,5,15-16,18-19,22-23H2,1-4H3/t25-,36+,37+,38-/m1/s1. The Morgan fingerprint density at radius 2 is 1.89 bits per heavy atom. The Bertz CT molecular complexity index is 1770. The number of carbonyl (C=O) groups is 1. The molecule has 8 nitrogen and oxygen atoms in total. The fourth-order valence-corrected chi connectivity index (χ4v) is 7.69. The monoisotopic (exact) mass is 638 g/mol. The summed E-state index contributed by atoms with van der Waals surface area (Å²) in [6, 6.07) is 17.0. The molecule has 4 aromatic rings. The number of halogens is 1. The van der Waals surface area contributed by atoms with E-state index in [9.17, 15) is 19.4 Å². The van der Waals surface area contributed by atoms with Crippen molar-refractivity contribution in [1.82, 2.24) is 19.7 Å². The van der Waals surface area contributed by atoms with Crippen LogP contribution < -0.4 is 4.74 Å². The maximum Gasteiger partial charge on any atom is 0.227 e. The lowest BCUT2D eigenvalue weighted by Gasteiger charge is -2.45. The Kier molecular flexibility index (Phi) is 9.05. The van der Waals surface area contributed by atoms with Crippen molar-refractivity contribution in [1.29, 1.82) is 0 Å². The first kappa shape index (κ1) is 32.6. The summed E-state index contributed by atoms with van der Waals surface area (Å²) < 4.78 is 21.1. The van der Waals surface area contributed by atoms with Gasteiger partial charge in [0.15, 0.2) is 0 Å². The van der Waals surface area contributed by atoms with Gasteiger partial charge in [-0.25, -0.2) is 9.07 Å². The number of carbonyl (C=O) groups excluding carboxylic acids is 1. The molecule has 6 rings (SSSR count). The lowest BCUT2D eigenvalue weighted by atomic mass is 9.63. The van der Waals surface area contributed by atoms with E-state index in [1.54, 1.807) is 43.5 Å². The van der Waals surface area contributed by atoms with Gasteiger partial charge >= 0.3 is 0 Å². The zero-order chi connectivity index (χ0) is 33.3. The number of ether oxygens (including phenoxy) is 1. The number of nitrogens with zero attached hydrogens (tertiary/aromatic N) is 4. The molecule has 2 heterocycles. The lowest BCUT2D eigenvalue weighted by molar-refractivity contribution is -0.133. The summed E-state index contributed by atoms with van der Waals surface area (Å²) in [5.74, 6) is 0.126. The van der Waals surface area contributed by atoms with Gasteiger partial charge in [0, 0.05) is 29.9 Å². The number of benzene rings is 2. The van der Waals surface area contributed by atoms with E-state index in [4.69, 9.17) is 4.74 Å². The van der Waals surface area contributed by atoms with E-state index in [1.807, 2.05) is 48.1 Å². The molecule has 2 aromatic carbocycles. The Balaban J connectivity index is 1.22. The molecule has 0 aliphatic heterocycles. The second-order valence-electron chi connectivity index (χ2n) is 13.0. The van der Waals surface area contributed by atoms with Gasteiger partial charge < -0.3 is 19.8 Å². The number of hydrogen-bond donors (Lipinski definition) is 2. The zero-order valence-electron chi connectivity index (χ0n) is 27.5. The molecule has 2 aromatic heterocycles. The summed E-state index contributed by atoms with van der Waals surface area (Å²) in [6.07, 6.45) is 8.70. The highest BCUT2D eigenvalue weighted by Crippen LogP contribution is 2.59. The Morgan fingerprint density at radius 3 is 2.60 bits per heavy atom. The molecule has 9 heteroatoms. The summed E-state index contributed by atoms with van der Waals surface area (Å²) in [7, 11) is 3.29. The molecule has 47 heavy (non-hydrogen) atoms. The van der Waals surface area contributed by atoms with E-state index in [0.717, 1.165) is 41.0 Å². The van der Waals surface area contributed by atoms with E-state index < -0.39 is 23.2 Å². The number of methoxy groups -OCH3 is 1. The van der Waals surface area contributed by atoms with Gasteiger partial charge in [-0.05, 0) is 93.0 Å². The van der Waals surface area contributed by atoms with Crippen LogP contribution in [0.25, 0.3) is 11.8 Å². The van der Waals surface area contributed by atoms with Crippen LogP contribution in [0.15, 0.2) is 78.6 Å². The van der Waals surface area contributed by atoms with Crippen LogP contribution in [0.4, 0.5) is 4.39 Å². The van der Waals surface area contributed by atoms with Gasteiger partial charge in [0.1, 0.15) is 11.6 Å². The van der Waals surface area contributed by atoms with Crippen molar-refractivity contribution in [3.05, 3.63) is 113 Å². The summed E-state index contributed by atoms with van der Waals surface area (Å²) in [4.78, 5) is 19.9. The number of hydrogen-bond acceptors (Lipinski definition) is 6. The van der Waals surface area contributed by atoms with E-state index in [2.05, 4.69) is 23.1 Å².